The Morgan fingerprint density at radius 3 is 3.00 bits per heavy atom. The van der Waals surface area contributed by atoms with E-state index in [9.17, 15) is 0 Å². The largest absolute Gasteiger partial charge is 0.345 e. The summed E-state index contributed by atoms with van der Waals surface area (Å²) in [5.74, 6) is 0.868. The van der Waals surface area contributed by atoms with Crippen LogP contribution in [0.5, 0.6) is 0 Å². The van der Waals surface area contributed by atoms with E-state index in [1.54, 1.807) is 0 Å². The second-order valence-electron chi connectivity index (χ2n) is 3.61. The van der Waals surface area contributed by atoms with Crippen molar-refractivity contribution in [2.45, 2.75) is 19.5 Å². The number of fused-ring (bicyclic) bond motifs is 3. The van der Waals surface area contributed by atoms with Crippen LogP contribution in [0.3, 0.4) is 0 Å². The normalized spacial score (nSPS) is 14.5. The van der Waals surface area contributed by atoms with Crippen molar-refractivity contribution < 1.29 is 0 Å². The van der Waals surface area contributed by atoms with Gasteiger partial charge in [0.1, 0.15) is 5.15 Å². The Labute approximate surface area is 97.2 Å². The number of aryl methyl sites for hydroxylation is 1. The monoisotopic (exact) mass is 241 g/mol. The van der Waals surface area contributed by atoms with Crippen LogP contribution >= 0.6 is 23.2 Å². The first-order valence-electron chi connectivity index (χ1n) is 4.84. The van der Waals surface area contributed by atoms with E-state index in [4.69, 9.17) is 23.2 Å². The second-order valence-corrected chi connectivity index (χ2v) is 4.33. The van der Waals surface area contributed by atoms with Crippen LogP contribution in [-0.2, 0) is 13.1 Å². The third-order valence-corrected chi connectivity index (χ3v) is 3.45. The van der Waals surface area contributed by atoms with Crippen LogP contribution in [0.15, 0.2) is 18.3 Å². The lowest BCUT2D eigenvalue weighted by atomic mass is 10.4. The number of rotatable bonds is 0. The smallest absolute Gasteiger partial charge is 0.167 e. The molecule has 15 heavy (non-hydrogen) atoms. The fourth-order valence-corrected chi connectivity index (χ4v) is 2.40. The van der Waals surface area contributed by atoms with Gasteiger partial charge in [-0.2, -0.15) is 0 Å². The van der Waals surface area contributed by atoms with Gasteiger partial charge in [-0.3, -0.25) is 0 Å². The lowest BCUT2D eigenvalue weighted by molar-refractivity contribution is 0.596. The summed E-state index contributed by atoms with van der Waals surface area (Å²) in [5.41, 5.74) is 1.08. The first-order valence-corrected chi connectivity index (χ1v) is 5.60. The second kappa shape index (κ2) is 3.29. The summed E-state index contributed by atoms with van der Waals surface area (Å²) in [4.78, 5) is 4.30. The molecule has 0 spiro atoms. The fourth-order valence-electron chi connectivity index (χ4n) is 2.01. The predicted octanol–water partition coefficient (Wildman–Crippen LogP) is 3.06. The van der Waals surface area contributed by atoms with Gasteiger partial charge in [0.15, 0.2) is 11.0 Å². The minimum atomic E-state index is 0.390. The molecule has 0 bridgehead atoms. The molecule has 0 unspecified atom stereocenters. The Hall–Kier alpha value is -0.930. The molecule has 78 valence electrons. The summed E-state index contributed by atoms with van der Waals surface area (Å²) >= 11 is 12.0. The molecule has 0 N–H and O–H groups in total. The van der Waals surface area contributed by atoms with Crippen molar-refractivity contribution in [2.75, 3.05) is 0 Å². The number of halogens is 2. The summed E-state index contributed by atoms with van der Waals surface area (Å²) in [5, 5.41) is 0.933. The summed E-state index contributed by atoms with van der Waals surface area (Å²) in [6.07, 6.45) is 3.10. The molecular formula is C10H9Cl2N3. The van der Waals surface area contributed by atoms with E-state index in [2.05, 4.69) is 15.7 Å². The molecule has 0 saturated heterocycles. The lowest BCUT2D eigenvalue weighted by Crippen LogP contribution is -1.98. The Morgan fingerprint density at radius 1 is 1.27 bits per heavy atom. The highest BCUT2D eigenvalue weighted by molar-refractivity contribution is 6.40. The van der Waals surface area contributed by atoms with Crippen LogP contribution in [0.25, 0.3) is 11.5 Å². The zero-order chi connectivity index (χ0) is 10.4. The molecular weight excluding hydrogens is 233 g/mol. The van der Waals surface area contributed by atoms with E-state index >= 15 is 0 Å². The van der Waals surface area contributed by atoms with E-state index in [1.807, 2.05) is 16.7 Å². The molecule has 1 aliphatic rings. The van der Waals surface area contributed by atoms with Crippen molar-refractivity contribution in [1.29, 1.82) is 0 Å². The number of nitrogens with zero attached hydrogens (tertiary/aromatic N) is 3. The van der Waals surface area contributed by atoms with E-state index in [-0.39, 0.29) is 0 Å². The van der Waals surface area contributed by atoms with Gasteiger partial charge >= 0.3 is 0 Å². The molecule has 3 nitrogen and oxygen atoms in total. The van der Waals surface area contributed by atoms with Gasteiger partial charge in [0.05, 0.1) is 5.69 Å². The molecule has 2 aromatic rings. The van der Waals surface area contributed by atoms with Gasteiger partial charge in [0.25, 0.3) is 0 Å². The van der Waals surface area contributed by atoms with Gasteiger partial charge in [-0.25, -0.2) is 4.98 Å². The van der Waals surface area contributed by atoms with E-state index in [0.717, 1.165) is 31.0 Å². The van der Waals surface area contributed by atoms with Crippen LogP contribution in [0.1, 0.15) is 6.42 Å². The van der Waals surface area contributed by atoms with Crippen molar-refractivity contribution in [3.63, 3.8) is 0 Å². The third kappa shape index (κ3) is 1.30. The van der Waals surface area contributed by atoms with E-state index in [0.29, 0.717) is 10.3 Å². The third-order valence-electron chi connectivity index (χ3n) is 2.71. The van der Waals surface area contributed by atoms with Gasteiger partial charge in [0.2, 0.25) is 0 Å². The molecule has 3 rings (SSSR count). The van der Waals surface area contributed by atoms with Crippen LogP contribution in [0, 0.1) is 0 Å². The lowest BCUT2D eigenvalue weighted by Gasteiger charge is -2.02. The zero-order valence-electron chi connectivity index (χ0n) is 7.95. The fraction of sp³-hybridized carbons (Fsp3) is 0.300. The summed E-state index contributed by atoms with van der Waals surface area (Å²) in [7, 11) is 0. The van der Waals surface area contributed by atoms with Crippen molar-refractivity contribution in [1.82, 2.24) is 14.1 Å². The van der Waals surface area contributed by atoms with Crippen LogP contribution in [0.4, 0.5) is 0 Å². The number of hydrogen-bond donors (Lipinski definition) is 0. The highest BCUT2D eigenvalue weighted by Crippen LogP contribution is 2.31. The maximum absolute atomic E-state index is 6.09. The van der Waals surface area contributed by atoms with Crippen LogP contribution < -0.4 is 0 Å². The standard InChI is InChI=1S/C10H9Cl2N3/c11-8-9(12)15-6-2-5-14-4-1-3-7(14)10(15)13-8/h1,3-4H,2,5-6H2. The zero-order valence-corrected chi connectivity index (χ0v) is 9.46. The van der Waals surface area contributed by atoms with Gasteiger partial charge < -0.3 is 9.13 Å². The Bertz CT molecular complexity index is 513. The molecule has 0 aromatic carbocycles. The minimum Gasteiger partial charge on any atom is -0.345 e. The topological polar surface area (TPSA) is 22.8 Å². The van der Waals surface area contributed by atoms with Crippen molar-refractivity contribution >= 4 is 23.2 Å². The first kappa shape index (κ1) is 9.31. The molecule has 0 radical (unpaired) electrons. The van der Waals surface area contributed by atoms with Crippen molar-refractivity contribution in [3.05, 3.63) is 28.6 Å². The van der Waals surface area contributed by atoms with Gasteiger partial charge in [-0.15, -0.1) is 0 Å². The highest BCUT2D eigenvalue weighted by atomic mass is 35.5. The summed E-state index contributed by atoms with van der Waals surface area (Å²) in [6.45, 7) is 1.87. The van der Waals surface area contributed by atoms with Gasteiger partial charge in [-0.1, -0.05) is 23.2 Å². The average Bonchev–Trinajstić information content (AvgIpc) is 2.73. The van der Waals surface area contributed by atoms with Crippen molar-refractivity contribution in [2.24, 2.45) is 0 Å². The maximum atomic E-state index is 6.09. The number of imidazole rings is 1. The van der Waals surface area contributed by atoms with Crippen LogP contribution in [-0.4, -0.2) is 14.1 Å². The SMILES string of the molecule is Clc1nc2n(c1Cl)CCCn1cccc1-2. The summed E-state index contributed by atoms with van der Waals surface area (Å²) in [6, 6.07) is 4.05. The summed E-state index contributed by atoms with van der Waals surface area (Å²) < 4.78 is 4.15. The van der Waals surface area contributed by atoms with E-state index < -0.39 is 0 Å². The van der Waals surface area contributed by atoms with E-state index in [1.165, 1.54) is 0 Å². The minimum absolute atomic E-state index is 0.390. The van der Waals surface area contributed by atoms with Crippen molar-refractivity contribution in [3.8, 4) is 11.5 Å². The molecule has 0 aliphatic carbocycles. The Kier molecular flexibility index (Phi) is 2.04. The van der Waals surface area contributed by atoms with Gasteiger partial charge in [0, 0.05) is 19.3 Å². The number of aromatic nitrogens is 3. The maximum Gasteiger partial charge on any atom is 0.167 e. The predicted molar refractivity (Wildman–Crippen MR) is 60.3 cm³/mol. The average molecular weight is 242 g/mol. The Balaban J connectivity index is 2.29. The molecule has 0 amide bonds. The highest BCUT2D eigenvalue weighted by Gasteiger charge is 2.20. The molecule has 1 aliphatic heterocycles. The number of hydrogen-bond acceptors (Lipinski definition) is 1. The molecule has 0 atom stereocenters. The van der Waals surface area contributed by atoms with Crippen LogP contribution in [0.2, 0.25) is 10.3 Å². The Morgan fingerprint density at radius 2 is 2.13 bits per heavy atom. The molecule has 0 saturated carbocycles. The first-order chi connectivity index (χ1) is 7.27. The quantitative estimate of drug-likeness (QED) is 0.696. The molecule has 5 heteroatoms. The molecule has 2 aromatic heterocycles. The molecule has 0 fully saturated rings. The van der Waals surface area contributed by atoms with Gasteiger partial charge in [-0.05, 0) is 18.6 Å². The molecule has 3 heterocycles.